The summed E-state index contributed by atoms with van der Waals surface area (Å²) < 4.78 is 0. The van der Waals surface area contributed by atoms with E-state index in [1.165, 1.54) is 22.5 Å². The summed E-state index contributed by atoms with van der Waals surface area (Å²) in [6, 6.07) is 17.9. The van der Waals surface area contributed by atoms with Gasteiger partial charge in [-0.2, -0.15) is 0 Å². The largest absolute Gasteiger partial charge is 0.481 e. The second kappa shape index (κ2) is 8.36. The van der Waals surface area contributed by atoms with Crippen LogP contribution in [0.15, 0.2) is 48.5 Å². The number of fused-ring (bicyclic) bond motifs is 2. The Morgan fingerprint density at radius 1 is 1.07 bits per heavy atom. The van der Waals surface area contributed by atoms with Crippen LogP contribution in [0.2, 0.25) is 0 Å². The topological polar surface area (TPSA) is 43.8 Å². The predicted molar refractivity (Wildman–Crippen MR) is 113 cm³/mol. The van der Waals surface area contributed by atoms with Crippen LogP contribution in [0.1, 0.15) is 37.3 Å². The number of aryl methyl sites for hydroxylation is 2. The quantitative estimate of drug-likeness (QED) is 0.832. The highest BCUT2D eigenvalue weighted by Crippen LogP contribution is 2.36. The van der Waals surface area contributed by atoms with Gasteiger partial charge in [0.1, 0.15) is 0 Å². The van der Waals surface area contributed by atoms with Gasteiger partial charge >= 0.3 is 5.97 Å². The van der Waals surface area contributed by atoms with E-state index in [1.54, 1.807) is 0 Å². The molecule has 148 valence electrons. The highest BCUT2D eigenvalue weighted by atomic mass is 16.4. The Bertz CT molecular complexity index is 787. The number of carboxylic acids is 1. The first-order valence-corrected chi connectivity index (χ1v) is 10.5. The Balaban J connectivity index is 1.52. The van der Waals surface area contributed by atoms with E-state index < -0.39 is 5.97 Å². The number of para-hydroxylation sites is 2. The van der Waals surface area contributed by atoms with Gasteiger partial charge in [-0.25, -0.2) is 0 Å². The van der Waals surface area contributed by atoms with Crippen molar-refractivity contribution in [2.45, 2.75) is 45.1 Å². The van der Waals surface area contributed by atoms with Crippen molar-refractivity contribution >= 4 is 17.3 Å². The van der Waals surface area contributed by atoms with Gasteiger partial charge in [-0.1, -0.05) is 36.4 Å². The van der Waals surface area contributed by atoms with Crippen LogP contribution in [0, 0.1) is 5.92 Å². The summed E-state index contributed by atoms with van der Waals surface area (Å²) in [6.45, 7) is 4.89. The molecule has 1 N–H and O–H groups in total. The first kappa shape index (κ1) is 19.0. The highest BCUT2D eigenvalue weighted by Gasteiger charge is 2.28. The van der Waals surface area contributed by atoms with Gasteiger partial charge in [0.2, 0.25) is 0 Å². The highest BCUT2D eigenvalue weighted by molar-refractivity contribution is 5.71. The molecule has 2 aliphatic heterocycles. The number of piperidine rings is 1. The molecule has 0 aliphatic carbocycles. The molecule has 2 aromatic carbocycles. The molecule has 0 aromatic heterocycles. The Morgan fingerprint density at radius 3 is 2.29 bits per heavy atom. The van der Waals surface area contributed by atoms with Gasteiger partial charge < -0.3 is 10.0 Å². The monoisotopic (exact) mass is 378 g/mol. The third-order valence-electron chi connectivity index (χ3n) is 6.42. The summed E-state index contributed by atoms with van der Waals surface area (Å²) in [4.78, 5) is 16.3. The first-order valence-electron chi connectivity index (χ1n) is 10.5. The van der Waals surface area contributed by atoms with Crippen LogP contribution in [0.5, 0.6) is 0 Å². The van der Waals surface area contributed by atoms with E-state index in [0.717, 1.165) is 45.2 Å². The lowest BCUT2D eigenvalue weighted by Gasteiger charge is -2.36. The number of likely N-dealkylation sites (tertiary alicyclic amines) is 1. The van der Waals surface area contributed by atoms with Gasteiger partial charge in [0.25, 0.3) is 0 Å². The van der Waals surface area contributed by atoms with E-state index in [0.29, 0.717) is 12.6 Å². The third kappa shape index (κ3) is 3.93. The molecular formula is C24H30N2O2. The summed E-state index contributed by atoms with van der Waals surface area (Å²) in [7, 11) is 0. The Morgan fingerprint density at radius 2 is 1.68 bits per heavy atom. The number of hydrogen-bond donors (Lipinski definition) is 1. The Labute approximate surface area is 167 Å². The van der Waals surface area contributed by atoms with Crippen molar-refractivity contribution in [3.8, 4) is 0 Å². The van der Waals surface area contributed by atoms with E-state index in [-0.39, 0.29) is 5.92 Å². The van der Waals surface area contributed by atoms with Crippen LogP contribution in [-0.2, 0) is 17.6 Å². The number of carboxylic acid groups (broad SMARTS) is 1. The van der Waals surface area contributed by atoms with Crippen LogP contribution >= 0.6 is 0 Å². The lowest BCUT2D eigenvalue weighted by Crippen LogP contribution is -2.44. The molecule has 2 heterocycles. The number of carbonyl (C=O) groups is 1. The van der Waals surface area contributed by atoms with E-state index in [4.69, 9.17) is 0 Å². The molecule has 0 bridgehead atoms. The summed E-state index contributed by atoms with van der Waals surface area (Å²) in [5.41, 5.74) is 5.47. The van der Waals surface area contributed by atoms with E-state index in [2.05, 4.69) is 65.3 Å². The maximum Gasteiger partial charge on any atom is 0.307 e. The van der Waals surface area contributed by atoms with Gasteiger partial charge in [-0.15, -0.1) is 0 Å². The number of nitrogens with zero attached hydrogens (tertiary/aromatic N) is 2. The molecule has 1 fully saturated rings. The van der Waals surface area contributed by atoms with E-state index in [1.807, 2.05) is 0 Å². The minimum atomic E-state index is -0.646. The van der Waals surface area contributed by atoms with Gasteiger partial charge in [0, 0.05) is 30.5 Å². The smallest absolute Gasteiger partial charge is 0.307 e. The van der Waals surface area contributed by atoms with Crippen molar-refractivity contribution in [2.24, 2.45) is 5.92 Å². The summed E-state index contributed by atoms with van der Waals surface area (Å²) >= 11 is 0. The average molecular weight is 379 g/mol. The van der Waals surface area contributed by atoms with Crippen LogP contribution < -0.4 is 4.90 Å². The predicted octanol–water partition coefficient (Wildman–Crippen LogP) is 4.50. The normalized spacial score (nSPS) is 20.8. The number of benzene rings is 2. The second-order valence-corrected chi connectivity index (χ2v) is 8.22. The zero-order valence-electron chi connectivity index (χ0n) is 16.7. The molecule has 4 rings (SSSR count). The first-order chi connectivity index (χ1) is 13.6. The van der Waals surface area contributed by atoms with Gasteiger partial charge in [-0.05, 0) is 68.8 Å². The number of aliphatic carboxylic acids is 1. The summed E-state index contributed by atoms with van der Waals surface area (Å²) in [6.07, 6.45) is 4.97. The van der Waals surface area contributed by atoms with Crippen molar-refractivity contribution in [1.82, 2.24) is 4.90 Å². The molecule has 0 spiro atoms. The third-order valence-corrected chi connectivity index (χ3v) is 6.42. The standard InChI is InChI=1S/C24H30N2O2/c1-18(25-15-6-9-21(17-25)24(27)28)14-16-26-22-10-4-2-7-19(22)12-13-20-8-3-5-11-23(20)26/h2-5,7-8,10-11,18,21H,6,9,12-17H2,1H3,(H,27,28). The summed E-state index contributed by atoms with van der Waals surface area (Å²) in [5, 5.41) is 9.39. The van der Waals surface area contributed by atoms with Gasteiger partial charge in [-0.3, -0.25) is 9.69 Å². The van der Waals surface area contributed by atoms with Crippen LogP contribution in [0.4, 0.5) is 11.4 Å². The lowest BCUT2D eigenvalue weighted by molar-refractivity contribution is -0.143. The maximum atomic E-state index is 11.4. The fourth-order valence-corrected chi connectivity index (χ4v) is 4.72. The van der Waals surface area contributed by atoms with E-state index in [9.17, 15) is 9.90 Å². The zero-order valence-corrected chi connectivity index (χ0v) is 16.7. The van der Waals surface area contributed by atoms with Crippen LogP contribution in [0.3, 0.4) is 0 Å². The van der Waals surface area contributed by atoms with Crippen molar-refractivity contribution in [3.63, 3.8) is 0 Å². The molecular weight excluding hydrogens is 348 g/mol. The molecule has 0 saturated carbocycles. The molecule has 4 heteroatoms. The fourth-order valence-electron chi connectivity index (χ4n) is 4.72. The average Bonchev–Trinajstić information content (AvgIpc) is 2.89. The number of hydrogen-bond acceptors (Lipinski definition) is 3. The molecule has 0 radical (unpaired) electrons. The van der Waals surface area contributed by atoms with Gasteiger partial charge in [0.05, 0.1) is 5.92 Å². The van der Waals surface area contributed by atoms with Crippen molar-refractivity contribution in [2.75, 3.05) is 24.5 Å². The molecule has 2 aromatic rings. The molecule has 0 amide bonds. The van der Waals surface area contributed by atoms with Crippen molar-refractivity contribution in [3.05, 3.63) is 59.7 Å². The summed E-state index contributed by atoms with van der Waals surface area (Å²) in [5.74, 6) is -0.858. The molecule has 28 heavy (non-hydrogen) atoms. The van der Waals surface area contributed by atoms with E-state index >= 15 is 0 Å². The molecule has 2 unspecified atom stereocenters. The van der Waals surface area contributed by atoms with Crippen LogP contribution in [-0.4, -0.2) is 41.7 Å². The SMILES string of the molecule is CC(CCN1c2ccccc2CCc2ccccc21)N1CCCC(C(=O)O)C1. The maximum absolute atomic E-state index is 11.4. The lowest BCUT2D eigenvalue weighted by atomic mass is 9.96. The minimum absolute atomic E-state index is 0.212. The number of anilines is 2. The molecule has 4 nitrogen and oxygen atoms in total. The Hall–Kier alpha value is -2.33. The second-order valence-electron chi connectivity index (χ2n) is 8.22. The van der Waals surface area contributed by atoms with Crippen molar-refractivity contribution < 1.29 is 9.90 Å². The zero-order chi connectivity index (χ0) is 19.5. The Kier molecular flexibility index (Phi) is 5.67. The fraction of sp³-hybridized carbons (Fsp3) is 0.458. The minimum Gasteiger partial charge on any atom is -0.481 e. The van der Waals surface area contributed by atoms with Gasteiger partial charge in [0.15, 0.2) is 0 Å². The molecule has 2 atom stereocenters. The molecule has 1 saturated heterocycles. The number of rotatable bonds is 5. The van der Waals surface area contributed by atoms with Crippen LogP contribution in [0.25, 0.3) is 0 Å². The molecule has 2 aliphatic rings. The van der Waals surface area contributed by atoms with Crippen molar-refractivity contribution in [1.29, 1.82) is 0 Å².